The zero-order valence-corrected chi connectivity index (χ0v) is 13.7. The first-order chi connectivity index (χ1) is 11.5. The number of ether oxygens (including phenoxy) is 2. The van der Waals surface area contributed by atoms with Crippen molar-refractivity contribution in [3.63, 3.8) is 0 Å². The molecule has 1 saturated carbocycles. The molecule has 1 saturated heterocycles. The number of carbonyl (C=O) groups is 2. The smallest absolute Gasteiger partial charge is 0.319 e. The highest BCUT2D eigenvalue weighted by Crippen LogP contribution is 2.34. The Morgan fingerprint density at radius 3 is 2.83 bits per heavy atom. The maximum absolute atomic E-state index is 12.3. The lowest BCUT2D eigenvalue weighted by atomic mass is 10.1. The number of nitrogens with one attached hydrogen (secondary N) is 1. The Kier molecular flexibility index (Phi) is 3.51. The van der Waals surface area contributed by atoms with Gasteiger partial charge in [0.2, 0.25) is 5.91 Å². The highest BCUT2D eigenvalue weighted by Gasteiger charge is 2.40. The molecule has 0 spiro atoms. The highest BCUT2D eigenvalue weighted by atomic mass is 16.6. The van der Waals surface area contributed by atoms with Crippen LogP contribution in [0.3, 0.4) is 0 Å². The molecule has 24 heavy (non-hydrogen) atoms. The third kappa shape index (κ3) is 2.86. The molecule has 4 rings (SSSR count). The number of hydrogen-bond acceptors (Lipinski definition) is 4. The minimum atomic E-state index is -0.635. The Morgan fingerprint density at radius 1 is 1.33 bits per heavy atom. The van der Waals surface area contributed by atoms with Crippen molar-refractivity contribution >= 4 is 11.9 Å². The van der Waals surface area contributed by atoms with Crippen LogP contribution in [0.5, 0.6) is 11.5 Å². The summed E-state index contributed by atoms with van der Waals surface area (Å²) in [7, 11) is 0. The van der Waals surface area contributed by atoms with Gasteiger partial charge >= 0.3 is 6.03 Å². The van der Waals surface area contributed by atoms with Gasteiger partial charge in [-0.2, -0.15) is 0 Å². The van der Waals surface area contributed by atoms with E-state index in [1.54, 1.807) is 9.80 Å². The topological polar surface area (TPSA) is 71.1 Å². The number of para-hydroxylation sites is 2. The first kappa shape index (κ1) is 15.1. The predicted molar refractivity (Wildman–Crippen MR) is 85.8 cm³/mol. The van der Waals surface area contributed by atoms with Crippen LogP contribution < -0.4 is 14.8 Å². The largest absolute Gasteiger partial charge is 0.485 e. The van der Waals surface area contributed by atoms with Gasteiger partial charge in [0.15, 0.2) is 17.1 Å². The molecule has 1 aliphatic carbocycles. The van der Waals surface area contributed by atoms with E-state index >= 15 is 0 Å². The average molecular weight is 331 g/mol. The third-order valence-corrected chi connectivity index (χ3v) is 4.60. The molecule has 1 atom stereocenters. The van der Waals surface area contributed by atoms with Crippen LogP contribution in [0.15, 0.2) is 24.3 Å². The van der Waals surface area contributed by atoms with E-state index in [4.69, 9.17) is 9.47 Å². The second-order valence-corrected chi connectivity index (χ2v) is 6.88. The minimum Gasteiger partial charge on any atom is -0.485 e. The fourth-order valence-electron chi connectivity index (χ4n) is 3.05. The first-order valence-electron chi connectivity index (χ1n) is 8.27. The normalized spacial score (nSPS) is 25.8. The van der Waals surface area contributed by atoms with E-state index in [0.29, 0.717) is 37.4 Å². The summed E-state index contributed by atoms with van der Waals surface area (Å²) in [6.45, 7) is 3.10. The van der Waals surface area contributed by atoms with Gasteiger partial charge in [-0.3, -0.25) is 9.69 Å². The van der Waals surface area contributed by atoms with Gasteiger partial charge in [0, 0.05) is 6.04 Å². The predicted octanol–water partition coefficient (Wildman–Crippen LogP) is 1.19. The van der Waals surface area contributed by atoms with E-state index in [2.05, 4.69) is 5.32 Å². The minimum absolute atomic E-state index is 0.0324. The van der Waals surface area contributed by atoms with Gasteiger partial charge in [-0.15, -0.1) is 0 Å². The molecule has 7 heteroatoms. The summed E-state index contributed by atoms with van der Waals surface area (Å²) in [6, 6.07) is 7.57. The van der Waals surface area contributed by atoms with E-state index in [-0.39, 0.29) is 18.5 Å². The fraction of sp³-hybridized carbons (Fsp3) is 0.529. The number of rotatable bonds is 3. The van der Waals surface area contributed by atoms with Gasteiger partial charge in [0.25, 0.3) is 0 Å². The molecular formula is C17H21N3O4. The zero-order valence-electron chi connectivity index (χ0n) is 13.7. The highest BCUT2D eigenvalue weighted by molar-refractivity contribution is 5.87. The van der Waals surface area contributed by atoms with E-state index in [0.717, 1.165) is 12.8 Å². The number of carbonyl (C=O) groups excluding carboxylic acids is 2. The Balaban J connectivity index is 1.33. The number of urea groups is 1. The summed E-state index contributed by atoms with van der Waals surface area (Å²) in [6.07, 6.45) is 2.09. The molecule has 3 amide bonds. The number of amides is 3. The molecule has 1 aromatic rings. The van der Waals surface area contributed by atoms with Crippen molar-refractivity contribution in [2.24, 2.45) is 0 Å². The van der Waals surface area contributed by atoms with Gasteiger partial charge in [-0.25, -0.2) is 4.79 Å². The van der Waals surface area contributed by atoms with Crippen LogP contribution in [-0.4, -0.2) is 59.7 Å². The second-order valence-electron chi connectivity index (χ2n) is 6.88. The number of benzene rings is 1. The van der Waals surface area contributed by atoms with Crippen LogP contribution >= 0.6 is 0 Å². The molecule has 0 bridgehead atoms. The Bertz CT molecular complexity index is 676. The molecule has 2 fully saturated rings. The van der Waals surface area contributed by atoms with Crippen molar-refractivity contribution < 1.29 is 19.1 Å². The summed E-state index contributed by atoms with van der Waals surface area (Å²) in [4.78, 5) is 27.6. The van der Waals surface area contributed by atoms with Gasteiger partial charge in [-0.1, -0.05) is 12.1 Å². The van der Waals surface area contributed by atoms with Crippen LogP contribution in [0, 0.1) is 0 Å². The van der Waals surface area contributed by atoms with E-state index in [1.807, 2.05) is 31.2 Å². The standard InChI is InChI=1S/C17H21N3O4/c1-17(10-23-13-4-2-3-5-14(13)24-17)9-18-16(22)19-8-15(21)20(11-19)12-6-7-12/h2-5,12H,6-11H2,1H3,(H,18,22). The van der Waals surface area contributed by atoms with Gasteiger partial charge in [0.05, 0.1) is 13.2 Å². The summed E-state index contributed by atoms with van der Waals surface area (Å²) >= 11 is 0. The van der Waals surface area contributed by atoms with Crippen molar-refractivity contribution in [1.82, 2.24) is 15.1 Å². The molecule has 0 aromatic heterocycles. The molecule has 3 aliphatic rings. The number of nitrogens with zero attached hydrogens (tertiary/aromatic N) is 2. The van der Waals surface area contributed by atoms with Crippen molar-refractivity contribution in [2.45, 2.75) is 31.4 Å². The molecule has 1 aromatic carbocycles. The summed E-state index contributed by atoms with van der Waals surface area (Å²) < 4.78 is 11.7. The van der Waals surface area contributed by atoms with Crippen molar-refractivity contribution in [3.05, 3.63) is 24.3 Å². The molecule has 0 radical (unpaired) electrons. The van der Waals surface area contributed by atoms with Crippen LogP contribution in [0.4, 0.5) is 4.79 Å². The van der Waals surface area contributed by atoms with Crippen LogP contribution in [0.1, 0.15) is 19.8 Å². The van der Waals surface area contributed by atoms with Crippen molar-refractivity contribution in [2.75, 3.05) is 26.4 Å². The molecule has 128 valence electrons. The van der Waals surface area contributed by atoms with Gasteiger partial charge < -0.3 is 19.7 Å². The van der Waals surface area contributed by atoms with Crippen LogP contribution in [0.2, 0.25) is 0 Å². The monoisotopic (exact) mass is 331 g/mol. The first-order valence-corrected chi connectivity index (χ1v) is 8.27. The molecule has 2 heterocycles. The Labute approximate surface area is 140 Å². The number of hydrogen-bond donors (Lipinski definition) is 1. The van der Waals surface area contributed by atoms with Gasteiger partial charge in [-0.05, 0) is 31.9 Å². The quantitative estimate of drug-likeness (QED) is 0.903. The zero-order chi connectivity index (χ0) is 16.7. The maximum Gasteiger partial charge on any atom is 0.319 e. The molecular weight excluding hydrogens is 310 g/mol. The molecule has 7 nitrogen and oxygen atoms in total. The summed E-state index contributed by atoms with van der Waals surface area (Å²) in [5, 5.41) is 2.87. The lowest BCUT2D eigenvalue weighted by molar-refractivity contribution is -0.127. The lowest BCUT2D eigenvalue weighted by Crippen LogP contribution is -2.53. The van der Waals surface area contributed by atoms with E-state index in [9.17, 15) is 9.59 Å². The van der Waals surface area contributed by atoms with Crippen LogP contribution in [-0.2, 0) is 4.79 Å². The maximum atomic E-state index is 12.3. The molecule has 2 aliphatic heterocycles. The Morgan fingerprint density at radius 2 is 2.08 bits per heavy atom. The van der Waals surface area contributed by atoms with E-state index < -0.39 is 5.60 Å². The molecule has 1 unspecified atom stereocenters. The SMILES string of the molecule is CC1(CNC(=O)N2CC(=O)N(C3CC3)C2)COc2ccccc2O1. The van der Waals surface area contributed by atoms with Crippen molar-refractivity contribution in [1.29, 1.82) is 0 Å². The lowest BCUT2D eigenvalue weighted by Gasteiger charge is -2.35. The van der Waals surface area contributed by atoms with Gasteiger partial charge in [0.1, 0.15) is 13.2 Å². The average Bonchev–Trinajstić information content (AvgIpc) is 3.35. The summed E-state index contributed by atoms with van der Waals surface area (Å²) in [5.74, 6) is 1.42. The summed E-state index contributed by atoms with van der Waals surface area (Å²) in [5.41, 5.74) is -0.635. The number of fused-ring (bicyclic) bond motifs is 1. The van der Waals surface area contributed by atoms with Crippen molar-refractivity contribution in [3.8, 4) is 11.5 Å². The fourth-order valence-corrected chi connectivity index (χ4v) is 3.05. The van der Waals surface area contributed by atoms with E-state index in [1.165, 1.54) is 0 Å². The second kappa shape index (κ2) is 5.58. The molecule has 1 N–H and O–H groups in total. The third-order valence-electron chi connectivity index (χ3n) is 4.60. The van der Waals surface area contributed by atoms with Crippen LogP contribution in [0.25, 0.3) is 0 Å². The Hall–Kier alpha value is -2.44.